The van der Waals surface area contributed by atoms with Gasteiger partial charge in [0.15, 0.2) is 0 Å². The van der Waals surface area contributed by atoms with E-state index in [1.165, 1.54) is 11.8 Å². The number of thioether (sulfide) groups is 1. The summed E-state index contributed by atoms with van der Waals surface area (Å²) in [5.74, 6) is 0.859. The van der Waals surface area contributed by atoms with E-state index in [1.807, 2.05) is 0 Å². The maximum Gasteiger partial charge on any atom is 0.509 e. The van der Waals surface area contributed by atoms with Gasteiger partial charge in [-0.2, -0.15) is 0 Å². The molecule has 40 valence electrons. The van der Waals surface area contributed by atoms with Crippen molar-refractivity contribution in [3.63, 3.8) is 0 Å². The van der Waals surface area contributed by atoms with Crippen LogP contribution < -0.4 is 0 Å². The molecule has 1 heterocycles. The summed E-state index contributed by atoms with van der Waals surface area (Å²) in [7, 11) is 0. The zero-order chi connectivity index (χ0) is 5.11. The van der Waals surface area contributed by atoms with Gasteiger partial charge in [-0.1, -0.05) is 11.8 Å². The van der Waals surface area contributed by atoms with Crippen LogP contribution in [-0.4, -0.2) is 18.0 Å². The molecule has 7 heavy (non-hydrogen) atoms. The van der Waals surface area contributed by atoms with Gasteiger partial charge in [-0.15, -0.1) is 0 Å². The van der Waals surface area contributed by atoms with Crippen LogP contribution in [0.2, 0.25) is 0 Å². The Labute approximate surface area is 45.0 Å². The summed E-state index contributed by atoms with van der Waals surface area (Å²) >= 11 is 1.43. The molecule has 0 bridgehead atoms. The number of carbonyl (C=O) groups is 1. The zero-order valence-electron chi connectivity index (χ0n) is 3.55. The van der Waals surface area contributed by atoms with Crippen molar-refractivity contribution >= 4 is 17.9 Å². The molecular formula is C3H4O3S. The molecule has 0 aromatic rings. The summed E-state index contributed by atoms with van der Waals surface area (Å²) < 4.78 is 8.76. The molecule has 0 saturated carbocycles. The van der Waals surface area contributed by atoms with E-state index in [2.05, 4.69) is 9.47 Å². The van der Waals surface area contributed by atoms with Gasteiger partial charge in [-0.3, -0.25) is 0 Å². The molecule has 0 spiro atoms. The van der Waals surface area contributed by atoms with Crippen LogP contribution in [0, 0.1) is 0 Å². The van der Waals surface area contributed by atoms with Crippen molar-refractivity contribution < 1.29 is 14.3 Å². The van der Waals surface area contributed by atoms with E-state index in [-0.39, 0.29) is 0 Å². The minimum atomic E-state index is -0.557. The van der Waals surface area contributed by atoms with Crippen LogP contribution >= 0.6 is 11.8 Å². The summed E-state index contributed by atoms with van der Waals surface area (Å²) in [5.41, 5.74) is 0. The smallest absolute Gasteiger partial charge is 0.423 e. The molecule has 1 saturated heterocycles. The van der Waals surface area contributed by atoms with Gasteiger partial charge in [0.2, 0.25) is 0 Å². The molecule has 0 aromatic heterocycles. The first-order valence-corrected chi connectivity index (χ1v) is 2.92. The van der Waals surface area contributed by atoms with Crippen molar-refractivity contribution in [3.8, 4) is 0 Å². The number of carbonyl (C=O) groups excluding carboxylic acids is 1. The molecular weight excluding hydrogens is 116 g/mol. The molecule has 3 nitrogen and oxygen atoms in total. The quantitative estimate of drug-likeness (QED) is 0.443. The Bertz CT molecular complexity index is 74.2. The Morgan fingerprint density at radius 2 is 2.00 bits per heavy atom. The van der Waals surface area contributed by atoms with Crippen LogP contribution in [0.5, 0.6) is 0 Å². The van der Waals surface area contributed by atoms with Crippen LogP contribution in [0.25, 0.3) is 0 Å². The lowest BCUT2D eigenvalue weighted by atomic mass is 11.3. The Kier molecular flexibility index (Phi) is 1.41. The number of hydrogen-bond acceptors (Lipinski definition) is 4. The fourth-order valence-electron chi connectivity index (χ4n) is 0.255. The summed E-state index contributed by atoms with van der Waals surface area (Å²) in [6.07, 6.45) is -0.557. The number of rotatable bonds is 0. The van der Waals surface area contributed by atoms with Gasteiger partial charge in [0, 0.05) is 0 Å². The van der Waals surface area contributed by atoms with Gasteiger partial charge in [-0.25, -0.2) is 4.79 Å². The minimum absolute atomic E-state index is 0.429. The van der Waals surface area contributed by atoms with Crippen LogP contribution in [-0.2, 0) is 9.47 Å². The monoisotopic (exact) mass is 120 g/mol. The molecule has 4 heteroatoms. The second kappa shape index (κ2) is 2.07. The predicted octanol–water partition coefficient (Wildman–Crippen LogP) is 0.801. The first-order chi connectivity index (χ1) is 3.39. The zero-order valence-corrected chi connectivity index (χ0v) is 4.36. The molecule has 1 aliphatic heterocycles. The highest BCUT2D eigenvalue weighted by Gasteiger charge is 2.07. The molecule has 1 aliphatic rings. The van der Waals surface area contributed by atoms with Gasteiger partial charge >= 0.3 is 6.16 Å². The molecule has 0 atom stereocenters. The van der Waals surface area contributed by atoms with Crippen molar-refractivity contribution in [2.45, 2.75) is 0 Å². The number of ether oxygens (including phenoxy) is 2. The predicted molar refractivity (Wildman–Crippen MR) is 24.9 cm³/mol. The van der Waals surface area contributed by atoms with Crippen molar-refractivity contribution in [1.82, 2.24) is 0 Å². The largest absolute Gasteiger partial charge is 0.509 e. The maximum atomic E-state index is 10.0. The Morgan fingerprint density at radius 3 is 2.29 bits per heavy atom. The first-order valence-electron chi connectivity index (χ1n) is 1.77. The lowest BCUT2D eigenvalue weighted by molar-refractivity contribution is 0.0747. The van der Waals surface area contributed by atoms with E-state index in [1.54, 1.807) is 0 Å². The molecule has 0 N–H and O–H groups in total. The van der Waals surface area contributed by atoms with E-state index in [4.69, 9.17) is 0 Å². The van der Waals surface area contributed by atoms with E-state index in [0.717, 1.165) is 0 Å². The van der Waals surface area contributed by atoms with Crippen molar-refractivity contribution in [1.29, 1.82) is 0 Å². The topological polar surface area (TPSA) is 35.5 Å². The fourth-order valence-corrected chi connectivity index (χ4v) is 0.682. The summed E-state index contributed by atoms with van der Waals surface area (Å²) in [4.78, 5) is 10.0. The number of hydrogen-bond donors (Lipinski definition) is 0. The highest BCUT2D eigenvalue weighted by atomic mass is 32.2. The average molecular weight is 120 g/mol. The van der Waals surface area contributed by atoms with Gasteiger partial charge in [-0.05, 0) is 0 Å². The van der Waals surface area contributed by atoms with E-state index >= 15 is 0 Å². The van der Waals surface area contributed by atoms with E-state index in [9.17, 15) is 4.79 Å². The lowest BCUT2D eigenvalue weighted by Crippen LogP contribution is -2.12. The Balaban J connectivity index is 2.25. The molecule has 0 amide bonds. The first kappa shape index (κ1) is 4.77. The van der Waals surface area contributed by atoms with Crippen molar-refractivity contribution in [2.24, 2.45) is 0 Å². The average Bonchev–Trinajstić information content (AvgIpc) is 1.69. The van der Waals surface area contributed by atoms with Crippen LogP contribution in [0.3, 0.4) is 0 Å². The SMILES string of the molecule is O=C1OCSCO1. The molecule has 0 radical (unpaired) electrons. The fraction of sp³-hybridized carbons (Fsp3) is 0.667. The molecule has 1 fully saturated rings. The number of cyclic esters (lactones) is 2. The van der Waals surface area contributed by atoms with Gasteiger partial charge in [0.05, 0.1) is 0 Å². The summed E-state index contributed by atoms with van der Waals surface area (Å²) in [5, 5.41) is 0. The standard InChI is InChI=1S/C3H4O3S/c4-3-5-1-7-2-6-3/h1-2H2. The summed E-state index contributed by atoms with van der Waals surface area (Å²) in [6.45, 7) is 0. The van der Waals surface area contributed by atoms with E-state index in [0.29, 0.717) is 11.9 Å². The maximum absolute atomic E-state index is 10.0. The van der Waals surface area contributed by atoms with Gasteiger partial charge < -0.3 is 9.47 Å². The second-order valence-electron chi connectivity index (χ2n) is 0.979. The van der Waals surface area contributed by atoms with E-state index < -0.39 is 6.16 Å². The normalized spacial score (nSPS) is 20.3. The summed E-state index contributed by atoms with van der Waals surface area (Å²) in [6, 6.07) is 0. The second-order valence-corrected chi connectivity index (χ2v) is 1.86. The van der Waals surface area contributed by atoms with Gasteiger partial charge in [0.1, 0.15) is 11.9 Å². The van der Waals surface area contributed by atoms with Crippen molar-refractivity contribution in [3.05, 3.63) is 0 Å². The third-order valence-electron chi connectivity index (χ3n) is 0.520. The molecule has 0 unspecified atom stereocenters. The highest BCUT2D eigenvalue weighted by molar-refractivity contribution is 7.99. The third kappa shape index (κ3) is 1.27. The molecule has 1 rings (SSSR count). The van der Waals surface area contributed by atoms with Crippen LogP contribution in [0.1, 0.15) is 0 Å². The molecule has 0 aromatic carbocycles. The highest BCUT2D eigenvalue weighted by Crippen LogP contribution is 2.07. The van der Waals surface area contributed by atoms with Gasteiger partial charge in [0.25, 0.3) is 0 Å². The Morgan fingerprint density at radius 1 is 1.43 bits per heavy atom. The van der Waals surface area contributed by atoms with Crippen LogP contribution in [0.15, 0.2) is 0 Å². The lowest BCUT2D eigenvalue weighted by Gasteiger charge is -2.09. The van der Waals surface area contributed by atoms with Crippen LogP contribution in [0.4, 0.5) is 4.79 Å². The Hall–Kier alpha value is -0.380. The third-order valence-corrected chi connectivity index (χ3v) is 1.09. The molecule has 0 aliphatic carbocycles. The minimum Gasteiger partial charge on any atom is -0.423 e. The van der Waals surface area contributed by atoms with Crippen molar-refractivity contribution in [2.75, 3.05) is 11.9 Å².